The summed E-state index contributed by atoms with van der Waals surface area (Å²) in [5.74, 6) is 0.756. The summed E-state index contributed by atoms with van der Waals surface area (Å²) in [4.78, 5) is 0. The number of fused-ring (bicyclic) bond motifs is 1. The highest BCUT2D eigenvalue weighted by atomic mass is 35.5. The third kappa shape index (κ3) is 3.86. The van der Waals surface area contributed by atoms with Crippen LogP contribution in [0, 0.1) is 0 Å². The van der Waals surface area contributed by atoms with Crippen molar-refractivity contribution >= 4 is 40.9 Å². The van der Waals surface area contributed by atoms with E-state index in [9.17, 15) is 0 Å². The molecule has 3 nitrogen and oxygen atoms in total. The summed E-state index contributed by atoms with van der Waals surface area (Å²) in [7, 11) is 0. The molecule has 1 saturated carbocycles. The number of hydrogen-bond acceptors (Lipinski definition) is 3. The Morgan fingerprint density at radius 3 is 2.54 bits per heavy atom. The Morgan fingerprint density at radius 1 is 1.04 bits per heavy atom. The summed E-state index contributed by atoms with van der Waals surface area (Å²) >= 11 is 18.8. The number of nitrogens with one attached hydrogen (secondary N) is 1. The summed E-state index contributed by atoms with van der Waals surface area (Å²) in [6.07, 6.45) is 7.85. The van der Waals surface area contributed by atoms with E-state index in [1.165, 1.54) is 5.56 Å². The molecule has 2 aromatic rings. The minimum absolute atomic E-state index is 0.0812. The van der Waals surface area contributed by atoms with Crippen LogP contribution >= 0.6 is 34.8 Å². The Labute approximate surface area is 180 Å². The molecule has 0 saturated heterocycles. The smallest absolute Gasteiger partial charge is 0.138 e. The summed E-state index contributed by atoms with van der Waals surface area (Å²) in [6.45, 7) is 1.37. The molecule has 0 atom stereocenters. The Balaban J connectivity index is 1.48. The Morgan fingerprint density at radius 2 is 1.82 bits per heavy atom. The molecule has 0 bridgehead atoms. The van der Waals surface area contributed by atoms with E-state index in [-0.39, 0.29) is 11.5 Å². The van der Waals surface area contributed by atoms with E-state index in [0.717, 1.165) is 49.1 Å². The molecule has 148 valence electrons. The lowest BCUT2D eigenvalue weighted by Crippen LogP contribution is -2.41. The highest BCUT2D eigenvalue weighted by molar-refractivity contribution is 6.42. The van der Waals surface area contributed by atoms with Gasteiger partial charge in [-0.15, -0.1) is 0 Å². The molecule has 0 aromatic heterocycles. The van der Waals surface area contributed by atoms with Gasteiger partial charge in [0.1, 0.15) is 5.75 Å². The normalized spacial score (nSPS) is 23.8. The Kier molecular flexibility index (Phi) is 5.80. The lowest BCUT2D eigenvalue weighted by molar-refractivity contribution is 0.118. The van der Waals surface area contributed by atoms with Crippen molar-refractivity contribution in [1.82, 2.24) is 5.32 Å². The molecule has 0 radical (unpaired) electrons. The lowest BCUT2D eigenvalue weighted by atomic mass is 9.69. The van der Waals surface area contributed by atoms with E-state index >= 15 is 0 Å². The molecule has 1 heterocycles. The van der Waals surface area contributed by atoms with Crippen molar-refractivity contribution in [2.75, 3.05) is 6.54 Å². The van der Waals surface area contributed by atoms with Gasteiger partial charge in [-0.25, -0.2) is 0 Å². The van der Waals surface area contributed by atoms with Crippen LogP contribution in [-0.2, 0) is 12.0 Å². The SMILES string of the molecule is NCC1(c2ccc(Cl)c(Cl)c2)CCC(Oc2cc3c(cc2Cl)CNC=C3)CC1. The Hall–Kier alpha value is -1.39. The first-order valence-corrected chi connectivity index (χ1v) is 10.7. The van der Waals surface area contributed by atoms with E-state index in [0.29, 0.717) is 21.6 Å². The zero-order valence-electron chi connectivity index (χ0n) is 15.5. The Bertz CT molecular complexity index is 905. The van der Waals surface area contributed by atoms with Crippen LogP contribution in [0.4, 0.5) is 0 Å². The van der Waals surface area contributed by atoms with E-state index in [2.05, 4.69) is 5.32 Å². The van der Waals surface area contributed by atoms with Gasteiger partial charge in [0.2, 0.25) is 0 Å². The van der Waals surface area contributed by atoms with Gasteiger partial charge in [0, 0.05) is 18.5 Å². The van der Waals surface area contributed by atoms with Crippen molar-refractivity contribution < 1.29 is 4.74 Å². The van der Waals surface area contributed by atoms with Gasteiger partial charge in [-0.3, -0.25) is 0 Å². The fourth-order valence-corrected chi connectivity index (χ4v) is 4.73. The van der Waals surface area contributed by atoms with E-state index in [1.54, 1.807) is 0 Å². The molecule has 4 rings (SSSR count). The maximum absolute atomic E-state index is 6.47. The van der Waals surface area contributed by atoms with Crippen LogP contribution in [0.2, 0.25) is 15.1 Å². The first kappa shape index (κ1) is 19.9. The highest BCUT2D eigenvalue weighted by Gasteiger charge is 2.37. The fraction of sp³-hybridized carbons (Fsp3) is 0.364. The quantitative estimate of drug-likeness (QED) is 0.622. The molecule has 2 aromatic carbocycles. The highest BCUT2D eigenvalue weighted by Crippen LogP contribution is 2.42. The molecule has 0 amide bonds. The topological polar surface area (TPSA) is 47.3 Å². The molecule has 2 aliphatic rings. The molecule has 1 aliphatic carbocycles. The average molecular weight is 438 g/mol. The van der Waals surface area contributed by atoms with Crippen LogP contribution in [0.15, 0.2) is 36.5 Å². The fourth-order valence-electron chi connectivity index (χ4n) is 4.20. The molecule has 28 heavy (non-hydrogen) atoms. The van der Waals surface area contributed by atoms with Crippen LogP contribution in [0.1, 0.15) is 42.4 Å². The monoisotopic (exact) mass is 436 g/mol. The van der Waals surface area contributed by atoms with Crippen molar-refractivity contribution in [2.45, 2.75) is 43.7 Å². The molecular weight excluding hydrogens is 415 g/mol. The number of rotatable bonds is 4. The van der Waals surface area contributed by atoms with Crippen molar-refractivity contribution in [3.05, 3.63) is 68.3 Å². The molecular formula is C22H23Cl3N2O. The largest absolute Gasteiger partial charge is 0.489 e. The molecule has 3 N–H and O–H groups in total. The zero-order valence-corrected chi connectivity index (χ0v) is 17.7. The summed E-state index contributed by atoms with van der Waals surface area (Å²) in [5, 5.41) is 5.01. The molecule has 0 spiro atoms. The van der Waals surface area contributed by atoms with Crippen molar-refractivity contribution in [2.24, 2.45) is 5.73 Å². The number of nitrogens with two attached hydrogens (primary N) is 1. The number of halogens is 3. The first-order chi connectivity index (χ1) is 13.5. The predicted molar refractivity (Wildman–Crippen MR) is 117 cm³/mol. The lowest BCUT2D eigenvalue weighted by Gasteiger charge is -2.40. The van der Waals surface area contributed by atoms with Crippen molar-refractivity contribution in [3.63, 3.8) is 0 Å². The second-order valence-corrected chi connectivity index (χ2v) is 8.85. The van der Waals surface area contributed by atoms with Crippen LogP contribution in [-0.4, -0.2) is 12.6 Å². The molecule has 1 fully saturated rings. The average Bonchev–Trinajstić information content (AvgIpc) is 2.71. The second kappa shape index (κ2) is 8.16. The van der Waals surface area contributed by atoms with Gasteiger partial charge in [0.25, 0.3) is 0 Å². The van der Waals surface area contributed by atoms with Crippen LogP contribution < -0.4 is 15.8 Å². The minimum Gasteiger partial charge on any atom is -0.489 e. The van der Waals surface area contributed by atoms with Gasteiger partial charge in [-0.05, 0) is 78.9 Å². The van der Waals surface area contributed by atoms with Crippen LogP contribution in [0.3, 0.4) is 0 Å². The van der Waals surface area contributed by atoms with Gasteiger partial charge >= 0.3 is 0 Å². The molecule has 6 heteroatoms. The van der Waals surface area contributed by atoms with Gasteiger partial charge in [-0.1, -0.05) is 40.9 Å². The van der Waals surface area contributed by atoms with Crippen molar-refractivity contribution in [3.8, 4) is 5.75 Å². The third-order valence-electron chi connectivity index (χ3n) is 5.97. The maximum atomic E-state index is 6.47. The van der Waals surface area contributed by atoms with Gasteiger partial charge in [0.15, 0.2) is 0 Å². The standard InChI is InChI=1S/C22H23Cl3N2O/c23-18-2-1-16(11-19(18)24)22(13-26)6-3-17(4-7-22)28-21-10-14-5-8-27-12-15(14)9-20(21)25/h1-2,5,8-11,17,27H,3-4,6-7,12-13,26H2. The summed E-state index contributed by atoms with van der Waals surface area (Å²) in [5.41, 5.74) is 9.62. The zero-order chi connectivity index (χ0) is 19.7. The van der Waals surface area contributed by atoms with E-state index in [4.69, 9.17) is 45.3 Å². The van der Waals surface area contributed by atoms with E-state index < -0.39 is 0 Å². The predicted octanol–water partition coefficient (Wildman–Crippen LogP) is 5.94. The summed E-state index contributed by atoms with van der Waals surface area (Å²) < 4.78 is 6.29. The number of ether oxygens (including phenoxy) is 1. The van der Waals surface area contributed by atoms with Crippen LogP contribution in [0.5, 0.6) is 5.75 Å². The maximum Gasteiger partial charge on any atom is 0.138 e. The van der Waals surface area contributed by atoms with Gasteiger partial charge in [-0.2, -0.15) is 0 Å². The minimum atomic E-state index is -0.0812. The van der Waals surface area contributed by atoms with E-state index in [1.807, 2.05) is 42.6 Å². The first-order valence-electron chi connectivity index (χ1n) is 9.55. The molecule has 0 unspecified atom stereocenters. The van der Waals surface area contributed by atoms with Crippen LogP contribution in [0.25, 0.3) is 6.08 Å². The second-order valence-electron chi connectivity index (χ2n) is 7.63. The van der Waals surface area contributed by atoms with Gasteiger partial charge in [0.05, 0.1) is 21.2 Å². The number of hydrogen-bond donors (Lipinski definition) is 2. The summed E-state index contributed by atoms with van der Waals surface area (Å²) in [6, 6.07) is 9.89. The number of benzene rings is 2. The van der Waals surface area contributed by atoms with Crippen molar-refractivity contribution in [1.29, 1.82) is 0 Å². The molecule has 1 aliphatic heterocycles. The third-order valence-corrected chi connectivity index (χ3v) is 7.01. The van der Waals surface area contributed by atoms with Gasteiger partial charge < -0.3 is 15.8 Å².